The van der Waals surface area contributed by atoms with E-state index in [1.807, 2.05) is 0 Å². The van der Waals surface area contributed by atoms with Crippen LogP contribution in [0, 0.1) is 5.82 Å². The summed E-state index contributed by atoms with van der Waals surface area (Å²) in [4.78, 5) is 13.9. The number of urea groups is 1. The number of ether oxygens (including phenoxy) is 1. The van der Waals surface area contributed by atoms with Crippen LogP contribution in [0.3, 0.4) is 0 Å². The molecule has 0 saturated heterocycles. The molecular formula is C19H23FN2O3. The van der Waals surface area contributed by atoms with Gasteiger partial charge >= 0.3 is 6.03 Å². The Morgan fingerprint density at radius 1 is 1.24 bits per heavy atom. The molecule has 2 rings (SSSR count). The summed E-state index contributed by atoms with van der Waals surface area (Å²) < 4.78 is 19.4. The number of hydrogen-bond donors (Lipinski definition) is 2. The number of hydrogen-bond acceptors (Lipinski definition) is 3. The van der Waals surface area contributed by atoms with Crippen molar-refractivity contribution in [3.63, 3.8) is 0 Å². The van der Waals surface area contributed by atoms with E-state index < -0.39 is 12.1 Å². The van der Waals surface area contributed by atoms with Crippen molar-refractivity contribution < 1.29 is 19.0 Å². The zero-order valence-corrected chi connectivity index (χ0v) is 14.6. The Bertz CT molecular complexity index is 706. The summed E-state index contributed by atoms with van der Waals surface area (Å²) in [5, 5.41) is 12.1. The smallest absolute Gasteiger partial charge is 0.317 e. The van der Waals surface area contributed by atoms with Crippen LogP contribution in [0.4, 0.5) is 9.18 Å². The van der Waals surface area contributed by atoms with Crippen LogP contribution in [-0.4, -0.2) is 36.2 Å². The molecule has 0 saturated carbocycles. The van der Waals surface area contributed by atoms with Crippen LogP contribution in [0.2, 0.25) is 0 Å². The highest BCUT2D eigenvalue weighted by Gasteiger charge is 2.24. The fourth-order valence-electron chi connectivity index (χ4n) is 2.63. The van der Waals surface area contributed by atoms with Crippen molar-refractivity contribution in [2.24, 2.45) is 0 Å². The summed E-state index contributed by atoms with van der Waals surface area (Å²) in [6, 6.07) is 12.3. The molecule has 0 heterocycles. The molecule has 2 atom stereocenters. The highest BCUT2D eigenvalue weighted by atomic mass is 19.1. The zero-order chi connectivity index (χ0) is 18.4. The van der Waals surface area contributed by atoms with Gasteiger partial charge in [0.2, 0.25) is 0 Å². The second-order valence-corrected chi connectivity index (χ2v) is 5.94. The number of carbonyl (C=O) groups is 1. The molecule has 0 aromatic heterocycles. The second kappa shape index (κ2) is 8.48. The first-order chi connectivity index (χ1) is 11.9. The van der Waals surface area contributed by atoms with Crippen LogP contribution in [0.5, 0.6) is 5.75 Å². The number of carbonyl (C=O) groups excluding carboxylic acids is 1. The van der Waals surface area contributed by atoms with Gasteiger partial charge < -0.3 is 20.1 Å². The largest absolute Gasteiger partial charge is 0.508 e. The van der Waals surface area contributed by atoms with Crippen LogP contribution in [-0.2, 0) is 11.3 Å². The maximum Gasteiger partial charge on any atom is 0.317 e. The predicted molar refractivity (Wildman–Crippen MR) is 93.7 cm³/mol. The number of nitrogens with zero attached hydrogens (tertiary/aromatic N) is 1. The number of methoxy groups -OCH3 is 1. The molecule has 5 nitrogen and oxygen atoms in total. The lowest BCUT2D eigenvalue weighted by atomic mass is 10.0. The third-order valence-corrected chi connectivity index (χ3v) is 3.97. The third-order valence-electron chi connectivity index (χ3n) is 3.97. The van der Waals surface area contributed by atoms with Crippen LogP contribution < -0.4 is 5.32 Å². The number of benzene rings is 2. The lowest BCUT2D eigenvalue weighted by Crippen LogP contribution is -2.44. The first kappa shape index (κ1) is 18.7. The normalized spacial score (nSPS) is 13.1. The van der Waals surface area contributed by atoms with Gasteiger partial charge in [-0.1, -0.05) is 30.3 Å². The van der Waals surface area contributed by atoms with E-state index in [4.69, 9.17) is 4.74 Å². The van der Waals surface area contributed by atoms with E-state index in [0.29, 0.717) is 12.1 Å². The number of phenolic OH excluding ortho intramolecular Hbond substituents is 1. The fourth-order valence-corrected chi connectivity index (χ4v) is 2.63. The van der Waals surface area contributed by atoms with Gasteiger partial charge in [-0.05, 0) is 30.7 Å². The molecule has 2 N–H and O–H groups in total. The van der Waals surface area contributed by atoms with Gasteiger partial charge in [-0.25, -0.2) is 9.18 Å². The zero-order valence-electron chi connectivity index (χ0n) is 14.6. The van der Waals surface area contributed by atoms with E-state index in [2.05, 4.69) is 5.32 Å². The molecule has 0 bridgehead atoms. The Balaban J connectivity index is 2.00. The van der Waals surface area contributed by atoms with Crippen molar-refractivity contribution in [2.45, 2.75) is 25.6 Å². The first-order valence-corrected chi connectivity index (χ1v) is 7.99. The summed E-state index contributed by atoms with van der Waals surface area (Å²) in [5.74, 6) is -0.190. The molecule has 134 valence electrons. The highest BCUT2D eigenvalue weighted by molar-refractivity contribution is 5.74. The van der Waals surface area contributed by atoms with Crippen LogP contribution in [0.1, 0.15) is 24.2 Å². The number of amides is 2. The SMILES string of the molecule is CO[C@@H](c1ccccc1F)[C@@H](C)NC(=O)N(C)Cc1ccc(O)cc1. The van der Waals surface area contributed by atoms with Gasteiger partial charge in [-0.2, -0.15) is 0 Å². The highest BCUT2D eigenvalue weighted by Crippen LogP contribution is 2.23. The lowest BCUT2D eigenvalue weighted by Gasteiger charge is -2.27. The number of rotatable bonds is 6. The van der Waals surface area contributed by atoms with Crippen molar-refractivity contribution in [1.29, 1.82) is 0 Å². The van der Waals surface area contributed by atoms with Gasteiger partial charge in [-0.15, -0.1) is 0 Å². The van der Waals surface area contributed by atoms with Crippen LogP contribution in [0.15, 0.2) is 48.5 Å². The van der Waals surface area contributed by atoms with Crippen molar-refractivity contribution >= 4 is 6.03 Å². The molecule has 0 aliphatic heterocycles. The van der Waals surface area contributed by atoms with E-state index in [1.54, 1.807) is 56.4 Å². The topological polar surface area (TPSA) is 61.8 Å². The Morgan fingerprint density at radius 2 is 1.88 bits per heavy atom. The summed E-state index contributed by atoms with van der Waals surface area (Å²) in [6.07, 6.45) is -0.591. The van der Waals surface area contributed by atoms with Crippen molar-refractivity contribution in [2.75, 3.05) is 14.2 Å². The Labute approximate surface area is 147 Å². The summed E-state index contributed by atoms with van der Waals surface area (Å²) in [6.45, 7) is 2.16. The van der Waals surface area contributed by atoms with Crippen molar-refractivity contribution in [3.05, 3.63) is 65.5 Å². The van der Waals surface area contributed by atoms with Gasteiger partial charge in [0.25, 0.3) is 0 Å². The standard InChI is InChI=1S/C19H23FN2O3/c1-13(18(25-3)16-6-4-5-7-17(16)20)21-19(24)22(2)12-14-8-10-15(23)11-9-14/h4-11,13,18,23H,12H2,1-3H3,(H,21,24)/t13-,18-/m1/s1. The minimum Gasteiger partial charge on any atom is -0.508 e. The maximum atomic E-state index is 14.0. The monoisotopic (exact) mass is 346 g/mol. The number of phenols is 1. The van der Waals surface area contributed by atoms with E-state index in [0.717, 1.165) is 5.56 Å². The summed E-state index contributed by atoms with van der Waals surface area (Å²) in [7, 11) is 3.15. The van der Waals surface area contributed by atoms with Gasteiger partial charge in [0, 0.05) is 26.3 Å². The van der Waals surface area contributed by atoms with Gasteiger partial charge in [0.15, 0.2) is 0 Å². The van der Waals surface area contributed by atoms with Gasteiger partial charge in [0.05, 0.1) is 6.04 Å². The predicted octanol–water partition coefficient (Wildman–Crippen LogP) is 3.45. The fraction of sp³-hybridized carbons (Fsp3) is 0.316. The molecule has 0 spiro atoms. The molecule has 0 unspecified atom stereocenters. The Kier molecular flexibility index (Phi) is 6.36. The van der Waals surface area contributed by atoms with Crippen molar-refractivity contribution in [3.8, 4) is 5.75 Å². The average Bonchev–Trinajstić information content (AvgIpc) is 2.59. The van der Waals surface area contributed by atoms with E-state index in [9.17, 15) is 14.3 Å². The molecular weight excluding hydrogens is 323 g/mol. The van der Waals surface area contributed by atoms with E-state index in [-0.39, 0.29) is 17.6 Å². The third kappa shape index (κ3) is 4.93. The molecule has 0 radical (unpaired) electrons. The summed E-state index contributed by atoms with van der Waals surface area (Å²) >= 11 is 0. The molecule has 6 heteroatoms. The molecule has 2 amide bonds. The molecule has 0 aliphatic rings. The summed E-state index contributed by atoms with van der Waals surface area (Å²) in [5.41, 5.74) is 1.29. The first-order valence-electron chi connectivity index (χ1n) is 7.99. The van der Waals surface area contributed by atoms with E-state index in [1.165, 1.54) is 18.1 Å². The van der Waals surface area contributed by atoms with E-state index >= 15 is 0 Å². The molecule has 2 aromatic rings. The maximum absolute atomic E-state index is 14.0. The average molecular weight is 346 g/mol. The number of nitrogens with one attached hydrogen (secondary N) is 1. The van der Waals surface area contributed by atoms with Crippen LogP contribution in [0.25, 0.3) is 0 Å². The molecule has 2 aromatic carbocycles. The minimum atomic E-state index is -0.591. The lowest BCUT2D eigenvalue weighted by molar-refractivity contribution is 0.0712. The quantitative estimate of drug-likeness (QED) is 0.842. The Hall–Kier alpha value is -2.60. The van der Waals surface area contributed by atoms with Gasteiger partial charge in [-0.3, -0.25) is 0 Å². The number of aromatic hydroxyl groups is 1. The van der Waals surface area contributed by atoms with Crippen molar-refractivity contribution in [1.82, 2.24) is 10.2 Å². The molecule has 0 aliphatic carbocycles. The second-order valence-electron chi connectivity index (χ2n) is 5.94. The Morgan fingerprint density at radius 3 is 2.48 bits per heavy atom. The van der Waals surface area contributed by atoms with Crippen LogP contribution >= 0.6 is 0 Å². The molecule has 0 fully saturated rings. The number of halogens is 1. The minimum absolute atomic E-state index is 0.178. The van der Waals surface area contributed by atoms with Gasteiger partial charge in [0.1, 0.15) is 17.7 Å². The molecule has 25 heavy (non-hydrogen) atoms.